The molecule has 0 spiro atoms. The zero-order valence-corrected chi connectivity index (χ0v) is 15.9. The number of benzene rings is 1. The van der Waals surface area contributed by atoms with Crippen LogP contribution in [0.2, 0.25) is 0 Å². The highest BCUT2D eigenvalue weighted by molar-refractivity contribution is 5.94. The van der Waals surface area contributed by atoms with Crippen molar-refractivity contribution in [3.8, 4) is 0 Å². The number of fused-ring (bicyclic) bond motifs is 2. The van der Waals surface area contributed by atoms with Gasteiger partial charge >= 0.3 is 11.9 Å². The van der Waals surface area contributed by atoms with Gasteiger partial charge in [-0.25, -0.2) is 4.79 Å². The summed E-state index contributed by atoms with van der Waals surface area (Å²) >= 11 is 0. The standard InChI is InChI=1S/C21H27NO5/c1-13(2)27-21(25)15-5-7-18(8-6-15)22-19(23)12-26-20(24)11-17-10-14-3-4-16(17)9-14/h5-8,13-14,16-17H,3-4,9-12H2,1-2H3,(H,22,23)/t14-,16+,17+/m0/s1. The van der Waals surface area contributed by atoms with E-state index in [1.807, 2.05) is 0 Å². The molecule has 2 fully saturated rings. The van der Waals surface area contributed by atoms with Crippen molar-refractivity contribution in [3.63, 3.8) is 0 Å². The first kappa shape index (κ1) is 19.4. The largest absolute Gasteiger partial charge is 0.459 e. The first-order valence-corrected chi connectivity index (χ1v) is 9.67. The molecule has 0 aliphatic heterocycles. The predicted molar refractivity (Wildman–Crippen MR) is 100 cm³/mol. The number of anilines is 1. The van der Waals surface area contributed by atoms with Crippen molar-refractivity contribution >= 4 is 23.5 Å². The second kappa shape index (κ2) is 8.55. The fourth-order valence-electron chi connectivity index (χ4n) is 4.21. The fraction of sp³-hybridized carbons (Fsp3) is 0.571. The van der Waals surface area contributed by atoms with Crippen LogP contribution >= 0.6 is 0 Å². The molecule has 0 aromatic heterocycles. The summed E-state index contributed by atoms with van der Waals surface area (Å²) in [6.07, 6.45) is 5.12. The molecule has 0 heterocycles. The zero-order valence-electron chi connectivity index (χ0n) is 15.9. The topological polar surface area (TPSA) is 81.7 Å². The second-order valence-corrected chi connectivity index (χ2v) is 7.88. The van der Waals surface area contributed by atoms with Gasteiger partial charge in [-0.3, -0.25) is 9.59 Å². The van der Waals surface area contributed by atoms with Gasteiger partial charge in [-0.15, -0.1) is 0 Å². The molecular formula is C21H27NO5. The fourth-order valence-corrected chi connectivity index (χ4v) is 4.21. The van der Waals surface area contributed by atoms with Crippen LogP contribution in [0.15, 0.2) is 24.3 Å². The number of nitrogens with one attached hydrogen (secondary N) is 1. The van der Waals surface area contributed by atoms with Gasteiger partial charge in [0, 0.05) is 12.1 Å². The van der Waals surface area contributed by atoms with E-state index in [-0.39, 0.29) is 18.7 Å². The smallest absolute Gasteiger partial charge is 0.338 e. The van der Waals surface area contributed by atoms with Crippen LogP contribution in [0.4, 0.5) is 5.69 Å². The van der Waals surface area contributed by atoms with E-state index in [2.05, 4.69) is 5.32 Å². The number of hydrogen-bond acceptors (Lipinski definition) is 5. The summed E-state index contributed by atoms with van der Waals surface area (Å²) < 4.78 is 10.2. The van der Waals surface area contributed by atoms with Crippen molar-refractivity contribution in [2.75, 3.05) is 11.9 Å². The number of hydrogen-bond donors (Lipinski definition) is 1. The highest BCUT2D eigenvalue weighted by Gasteiger charge is 2.40. The molecular weight excluding hydrogens is 346 g/mol. The molecule has 6 heteroatoms. The Kier molecular flexibility index (Phi) is 6.14. The molecule has 3 rings (SSSR count). The van der Waals surface area contributed by atoms with Gasteiger partial charge in [0.15, 0.2) is 6.61 Å². The van der Waals surface area contributed by atoms with Gasteiger partial charge in [0.05, 0.1) is 11.7 Å². The van der Waals surface area contributed by atoms with Crippen LogP contribution in [0.3, 0.4) is 0 Å². The van der Waals surface area contributed by atoms with Gasteiger partial charge in [0.2, 0.25) is 0 Å². The average Bonchev–Trinajstić information content (AvgIpc) is 3.23. The molecule has 1 N–H and O–H groups in total. The quantitative estimate of drug-likeness (QED) is 0.739. The molecule has 1 amide bonds. The van der Waals surface area contributed by atoms with E-state index < -0.39 is 11.9 Å². The van der Waals surface area contributed by atoms with Crippen LogP contribution in [0, 0.1) is 17.8 Å². The number of rotatable bonds is 7. The lowest BCUT2D eigenvalue weighted by Crippen LogP contribution is -2.23. The molecule has 1 aromatic carbocycles. The van der Waals surface area contributed by atoms with E-state index in [0.717, 1.165) is 12.3 Å². The molecule has 3 atom stereocenters. The number of carbonyl (C=O) groups is 3. The maximum atomic E-state index is 12.0. The Morgan fingerprint density at radius 2 is 1.85 bits per heavy atom. The van der Waals surface area contributed by atoms with Crippen LogP contribution in [0.5, 0.6) is 0 Å². The average molecular weight is 373 g/mol. The summed E-state index contributed by atoms with van der Waals surface area (Å²) in [4.78, 5) is 35.7. The van der Waals surface area contributed by atoms with E-state index in [1.165, 1.54) is 19.3 Å². The maximum Gasteiger partial charge on any atom is 0.338 e. The summed E-state index contributed by atoms with van der Waals surface area (Å²) in [5, 5.41) is 2.66. The highest BCUT2D eigenvalue weighted by Crippen LogP contribution is 2.49. The van der Waals surface area contributed by atoms with Crippen LogP contribution < -0.4 is 5.32 Å². The Labute approximate surface area is 159 Å². The normalized spacial score (nSPS) is 23.3. The molecule has 0 unspecified atom stereocenters. The van der Waals surface area contributed by atoms with E-state index in [0.29, 0.717) is 29.5 Å². The number of ether oxygens (including phenoxy) is 2. The van der Waals surface area contributed by atoms with Crippen LogP contribution in [0.1, 0.15) is 56.3 Å². The molecule has 2 aliphatic rings. The Balaban J connectivity index is 1.40. The lowest BCUT2D eigenvalue weighted by molar-refractivity contribution is -0.148. The summed E-state index contributed by atoms with van der Waals surface area (Å²) in [6.45, 7) is 3.27. The lowest BCUT2D eigenvalue weighted by Gasteiger charge is -2.20. The third-order valence-electron chi connectivity index (χ3n) is 5.42. The number of esters is 2. The first-order chi connectivity index (χ1) is 12.9. The number of carbonyl (C=O) groups excluding carboxylic acids is 3. The Bertz CT molecular complexity index is 697. The minimum absolute atomic E-state index is 0.189. The molecule has 2 aliphatic carbocycles. The van der Waals surface area contributed by atoms with Crippen molar-refractivity contribution in [1.82, 2.24) is 0 Å². The predicted octanol–water partition coefficient (Wildman–Crippen LogP) is 3.56. The molecule has 27 heavy (non-hydrogen) atoms. The minimum Gasteiger partial charge on any atom is -0.459 e. The maximum absolute atomic E-state index is 12.0. The third-order valence-corrected chi connectivity index (χ3v) is 5.42. The molecule has 0 radical (unpaired) electrons. The van der Waals surface area contributed by atoms with Gasteiger partial charge in [-0.05, 0) is 75.1 Å². The Hall–Kier alpha value is -2.37. The Morgan fingerprint density at radius 1 is 1.11 bits per heavy atom. The summed E-state index contributed by atoms with van der Waals surface area (Å²) in [7, 11) is 0. The summed E-state index contributed by atoms with van der Waals surface area (Å²) in [5.41, 5.74) is 0.948. The second-order valence-electron chi connectivity index (χ2n) is 7.88. The summed E-state index contributed by atoms with van der Waals surface area (Å²) in [5.74, 6) is 0.785. The molecule has 146 valence electrons. The van der Waals surface area contributed by atoms with Crippen LogP contribution in [-0.4, -0.2) is 30.6 Å². The lowest BCUT2D eigenvalue weighted by atomic mass is 9.86. The zero-order chi connectivity index (χ0) is 19.4. The SMILES string of the molecule is CC(C)OC(=O)c1ccc(NC(=O)COC(=O)C[C@H]2C[C@H]3CC[C@@H]2C3)cc1. The van der Waals surface area contributed by atoms with Crippen molar-refractivity contribution in [2.24, 2.45) is 17.8 Å². The van der Waals surface area contributed by atoms with Gasteiger partial charge in [-0.1, -0.05) is 6.42 Å². The number of amides is 1. The molecule has 1 aromatic rings. The van der Waals surface area contributed by atoms with E-state index in [1.54, 1.807) is 38.1 Å². The van der Waals surface area contributed by atoms with Gasteiger partial charge in [0.1, 0.15) is 0 Å². The first-order valence-electron chi connectivity index (χ1n) is 9.67. The third kappa shape index (κ3) is 5.31. The van der Waals surface area contributed by atoms with Crippen molar-refractivity contribution in [1.29, 1.82) is 0 Å². The molecule has 6 nitrogen and oxygen atoms in total. The molecule has 0 saturated heterocycles. The highest BCUT2D eigenvalue weighted by atomic mass is 16.5. The van der Waals surface area contributed by atoms with Crippen molar-refractivity contribution < 1.29 is 23.9 Å². The van der Waals surface area contributed by atoms with Crippen molar-refractivity contribution in [2.45, 2.75) is 52.1 Å². The van der Waals surface area contributed by atoms with Gasteiger partial charge in [-0.2, -0.15) is 0 Å². The minimum atomic E-state index is -0.405. The van der Waals surface area contributed by atoms with Crippen LogP contribution in [0.25, 0.3) is 0 Å². The van der Waals surface area contributed by atoms with Gasteiger partial charge < -0.3 is 14.8 Å². The Morgan fingerprint density at radius 3 is 2.44 bits per heavy atom. The monoisotopic (exact) mass is 373 g/mol. The molecule has 2 saturated carbocycles. The van der Waals surface area contributed by atoms with E-state index in [4.69, 9.17) is 9.47 Å². The van der Waals surface area contributed by atoms with Crippen molar-refractivity contribution in [3.05, 3.63) is 29.8 Å². The van der Waals surface area contributed by atoms with E-state index in [9.17, 15) is 14.4 Å². The molecule has 2 bridgehead atoms. The van der Waals surface area contributed by atoms with Gasteiger partial charge in [0.25, 0.3) is 5.91 Å². The van der Waals surface area contributed by atoms with E-state index >= 15 is 0 Å². The summed E-state index contributed by atoms with van der Waals surface area (Å²) in [6, 6.07) is 6.40. The van der Waals surface area contributed by atoms with Crippen LogP contribution in [-0.2, 0) is 19.1 Å².